The second-order valence-corrected chi connectivity index (χ2v) is 10.4. The molecule has 1 saturated heterocycles. The molecule has 1 aromatic rings. The van der Waals surface area contributed by atoms with Gasteiger partial charge in [0.1, 0.15) is 6.17 Å². The fourth-order valence-corrected chi connectivity index (χ4v) is 7.70. The third-order valence-electron chi connectivity index (χ3n) is 8.53. The Hall–Kier alpha value is -1.42. The van der Waals surface area contributed by atoms with Crippen molar-refractivity contribution >= 4 is 5.91 Å². The molecule has 0 spiro atoms. The van der Waals surface area contributed by atoms with E-state index in [-0.39, 0.29) is 28.2 Å². The van der Waals surface area contributed by atoms with Gasteiger partial charge in [0.05, 0.1) is 11.5 Å². The number of amides is 1. The molecule has 1 aliphatic heterocycles. The molecule has 1 aromatic carbocycles. The lowest BCUT2D eigenvalue weighted by atomic mass is 9.38. The summed E-state index contributed by atoms with van der Waals surface area (Å²) in [6.45, 7) is 3.45. The number of hydrogen-bond donors (Lipinski definition) is 2. The Labute approximate surface area is 167 Å². The van der Waals surface area contributed by atoms with E-state index >= 15 is 0 Å². The fraction of sp³-hybridized carbons (Fsp3) is 0.708. The number of halogens is 1. The van der Waals surface area contributed by atoms with Gasteiger partial charge in [-0.3, -0.25) is 4.79 Å². The maximum Gasteiger partial charge on any atom is 0.226 e. The molecule has 0 radical (unpaired) electrons. The van der Waals surface area contributed by atoms with E-state index < -0.39 is 6.17 Å². The summed E-state index contributed by atoms with van der Waals surface area (Å²) in [6.07, 6.45) is 7.49. The minimum absolute atomic E-state index is 0.122. The maximum atomic E-state index is 14.4. The lowest BCUT2D eigenvalue weighted by Crippen LogP contribution is -2.64. The second kappa shape index (κ2) is 6.55. The summed E-state index contributed by atoms with van der Waals surface area (Å²) < 4.78 is 14.4. The van der Waals surface area contributed by atoms with Gasteiger partial charge in [0.15, 0.2) is 0 Å². The predicted molar refractivity (Wildman–Crippen MR) is 109 cm³/mol. The van der Waals surface area contributed by atoms with E-state index in [0.717, 1.165) is 32.2 Å². The van der Waals surface area contributed by atoms with Crippen LogP contribution >= 0.6 is 0 Å². The summed E-state index contributed by atoms with van der Waals surface area (Å²) in [5, 5.41) is 6.27. The number of nitrogens with one attached hydrogen (secondary N) is 2. The summed E-state index contributed by atoms with van der Waals surface area (Å²) >= 11 is 0. The number of rotatable bonds is 4. The first-order chi connectivity index (χ1) is 13.5. The number of alkyl halides is 1. The number of hydrogen-bond acceptors (Lipinski definition) is 2. The third kappa shape index (κ3) is 2.82. The summed E-state index contributed by atoms with van der Waals surface area (Å²) in [6, 6.07) is 10.6. The molecular formula is C24H33FN2O. The van der Waals surface area contributed by atoms with Gasteiger partial charge >= 0.3 is 0 Å². The van der Waals surface area contributed by atoms with Crippen molar-refractivity contribution in [2.24, 2.45) is 16.7 Å². The summed E-state index contributed by atoms with van der Waals surface area (Å²) in [5.41, 5.74) is 1.50. The van der Waals surface area contributed by atoms with Crippen molar-refractivity contribution in [3.05, 3.63) is 35.9 Å². The highest BCUT2D eigenvalue weighted by atomic mass is 19.1. The van der Waals surface area contributed by atoms with Gasteiger partial charge in [0.25, 0.3) is 0 Å². The predicted octanol–water partition coefficient (Wildman–Crippen LogP) is 4.12. The fourth-order valence-electron chi connectivity index (χ4n) is 7.70. The van der Waals surface area contributed by atoms with E-state index in [1.807, 2.05) is 0 Å². The van der Waals surface area contributed by atoms with Gasteiger partial charge in [-0.2, -0.15) is 0 Å². The quantitative estimate of drug-likeness (QED) is 0.820. The minimum Gasteiger partial charge on any atom is -0.350 e. The Morgan fingerprint density at radius 1 is 1.18 bits per heavy atom. The van der Waals surface area contributed by atoms with Gasteiger partial charge in [-0.05, 0) is 73.8 Å². The van der Waals surface area contributed by atoms with Crippen molar-refractivity contribution in [1.82, 2.24) is 10.6 Å². The Morgan fingerprint density at radius 3 is 2.75 bits per heavy atom. The van der Waals surface area contributed by atoms with Gasteiger partial charge in [-0.15, -0.1) is 0 Å². The monoisotopic (exact) mass is 384 g/mol. The van der Waals surface area contributed by atoms with E-state index in [0.29, 0.717) is 18.9 Å². The largest absolute Gasteiger partial charge is 0.350 e. The smallest absolute Gasteiger partial charge is 0.226 e. The zero-order chi connectivity index (χ0) is 19.4. The highest BCUT2D eigenvalue weighted by Gasteiger charge is 2.65. The molecule has 4 heteroatoms. The van der Waals surface area contributed by atoms with Crippen molar-refractivity contribution in [1.29, 1.82) is 0 Å². The number of benzene rings is 1. The van der Waals surface area contributed by atoms with Gasteiger partial charge in [-0.1, -0.05) is 43.7 Å². The summed E-state index contributed by atoms with van der Waals surface area (Å²) in [5.74, 6) is 0.764. The van der Waals surface area contributed by atoms with Crippen LogP contribution in [0.2, 0.25) is 0 Å². The van der Waals surface area contributed by atoms with Crippen LogP contribution in [0.1, 0.15) is 63.9 Å². The van der Waals surface area contributed by atoms with Crippen molar-refractivity contribution in [2.75, 3.05) is 13.1 Å². The molecule has 28 heavy (non-hydrogen) atoms. The van der Waals surface area contributed by atoms with Crippen LogP contribution in [0.25, 0.3) is 0 Å². The zero-order valence-corrected chi connectivity index (χ0v) is 17.0. The Morgan fingerprint density at radius 2 is 2.00 bits per heavy atom. The van der Waals surface area contributed by atoms with Crippen LogP contribution < -0.4 is 10.6 Å². The molecular weight excluding hydrogens is 351 g/mol. The third-order valence-corrected chi connectivity index (χ3v) is 8.53. The molecule has 152 valence electrons. The van der Waals surface area contributed by atoms with Crippen molar-refractivity contribution in [3.8, 4) is 0 Å². The molecule has 5 fully saturated rings. The van der Waals surface area contributed by atoms with Gasteiger partial charge in [0, 0.05) is 6.54 Å². The van der Waals surface area contributed by atoms with E-state index in [2.05, 4.69) is 47.9 Å². The molecule has 4 aliphatic carbocycles. The normalized spacial score (nSPS) is 44.4. The standard InChI is InChI=1S/C24H33FN2O/c1-2-22-10-17-11-23(14-22,18-6-4-3-5-7-18)16-24(12-17,15-22)21(28)27-20-8-9-26-13-19(20)25/h3-7,17,19-20,26H,2,8-16H2,1H3,(H,27,28)/t17?,19-,20-,22?,23?,24?/m1/s1. The molecule has 5 aliphatic rings. The molecule has 2 N–H and O–H groups in total. The van der Waals surface area contributed by atoms with Crippen LogP contribution in [-0.2, 0) is 10.2 Å². The van der Waals surface area contributed by atoms with Crippen LogP contribution in [0.3, 0.4) is 0 Å². The number of piperidine rings is 1. The first-order valence-electron chi connectivity index (χ1n) is 11.2. The van der Waals surface area contributed by atoms with Crippen LogP contribution in [0, 0.1) is 16.7 Å². The molecule has 1 amide bonds. The van der Waals surface area contributed by atoms with Crippen LogP contribution in [0.5, 0.6) is 0 Å². The van der Waals surface area contributed by atoms with Crippen molar-refractivity contribution in [3.63, 3.8) is 0 Å². The Bertz CT molecular complexity index is 754. The van der Waals surface area contributed by atoms with E-state index in [9.17, 15) is 9.18 Å². The molecule has 4 bridgehead atoms. The molecule has 4 unspecified atom stereocenters. The van der Waals surface area contributed by atoms with Gasteiger partial charge < -0.3 is 10.6 Å². The summed E-state index contributed by atoms with van der Waals surface area (Å²) in [4.78, 5) is 13.6. The van der Waals surface area contributed by atoms with E-state index in [4.69, 9.17) is 0 Å². The second-order valence-electron chi connectivity index (χ2n) is 10.4. The van der Waals surface area contributed by atoms with E-state index in [1.165, 1.54) is 24.8 Å². The lowest BCUT2D eigenvalue weighted by Gasteiger charge is -2.66. The molecule has 6 rings (SSSR count). The SMILES string of the molecule is CCC12CC3CC(C(=O)N[C@@H]4CCNC[C@H]4F)(C1)CC(c1ccccc1)(C3)C2. The first kappa shape index (κ1) is 18.6. The average molecular weight is 385 g/mol. The minimum atomic E-state index is -0.977. The molecule has 3 nitrogen and oxygen atoms in total. The molecule has 0 aromatic heterocycles. The van der Waals surface area contributed by atoms with Gasteiger partial charge in [0.2, 0.25) is 5.91 Å². The summed E-state index contributed by atoms with van der Waals surface area (Å²) in [7, 11) is 0. The van der Waals surface area contributed by atoms with Crippen molar-refractivity contribution in [2.45, 2.75) is 75.9 Å². The molecule has 4 saturated carbocycles. The van der Waals surface area contributed by atoms with Gasteiger partial charge in [-0.25, -0.2) is 4.39 Å². The maximum absolute atomic E-state index is 14.4. The number of carbonyl (C=O) groups is 1. The molecule has 6 atom stereocenters. The van der Waals surface area contributed by atoms with E-state index in [1.54, 1.807) is 0 Å². The number of carbonyl (C=O) groups excluding carboxylic acids is 1. The first-order valence-corrected chi connectivity index (χ1v) is 11.2. The van der Waals surface area contributed by atoms with Crippen LogP contribution in [-0.4, -0.2) is 31.2 Å². The zero-order valence-electron chi connectivity index (χ0n) is 17.0. The lowest BCUT2D eigenvalue weighted by molar-refractivity contribution is -0.164. The highest BCUT2D eigenvalue weighted by Crippen LogP contribution is 2.71. The Kier molecular flexibility index (Phi) is 4.35. The van der Waals surface area contributed by atoms with Crippen molar-refractivity contribution < 1.29 is 9.18 Å². The van der Waals surface area contributed by atoms with Crippen LogP contribution in [0.15, 0.2) is 30.3 Å². The average Bonchev–Trinajstić information content (AvgIpc) is 2.69. The molecule has 1 heterocycles. The van der Waals surface area contributed by atoms with Crippen LogP contribution in [0.4, 0.5) is 4.39 Å². The Balaban J connectivity index is 1.48. The topological polar surface area (TPSA) is 41.1 Å². The highest BCUT2D eigenvalue weighted by molar-refractivity contribution is 5.84.